The van der Waals surface area contributed by atoms with Crippen molar-refractivity contribution in [2.75, 3.05) is 0 Å². The SMILES string of the molecule is C=C/C=c1\c(=C/C)n(-c2cccc(-c3cccc4c3oc3ccccc34)c2)c2ccc(-c3ccc4c(c3)-c3ccccc3C4c3ccccc3)cc12. The third-order valence-corrected chi connectivity index (χ3v) is 10.8. The lowest BCUT2D eigenvalue weighted by Gasteiger charge is -2.14. The monoisotopic (exact) mass is 665 g/mol. The van der Waals surface area contributed by atoms with Gasteiger partial charge in [0.05, 0.1) is 5.52 Å². The van der Waals surface area contributed by atoms with Crippen LogP contribution in [0.1, 0.15) is 29.5 Å². The van der Waals surface area contributed by atoms with E-state index in [1.807, 2.05) is 18.2 Å². The van der Waals surface area contributed by atoms with Gasteiger partial charge in [0.15, 0.2) is 0 Å². The van der Waals surface area contributed by atoms with Gasteiger partial charge in [0.25, 0.3) is 0 Å². The first kappa shape index (κ1) is 30.2. The molecule has 0 aliphatic heterocycles. The molecular formula is C50H35NO. The van der Waals surface area contributed by atoms with Gasteiger partial charge in [-0.1, -0.05) is 146 Å². The van der Waals surface area contributed by atoms with E-state index >= 15 is 0 Å². The molecule has 1 atom stereocenters. The van der Waals surface area contributed by atoms with Gasteiger partial charge in [-0.15, -0.1) is 0 Å². The normalized spacial score (nSPS) is 14.4. The van der Waals surface area contributed by atoms with Gasteiger partial charge in [0.1, 0.15) is 11.2 Å². The van der Waals surface area contributed by atoms with Crippen molar-refractivity contribution in [3.63, 3.8) is 0 Å². The first-order valence-corrected chi connectivity index (χ1v) is 17.9. The summed E-state index contributed by atoms with van der Waals surface area (Å²) in [4.78, 5) is 0. The molecular weight excluding hydrogens is 631 g/mol. The Bertz CT molecular complexity index is 2990. The van der Waals surface area contributed by atoms with Crippen LogP contribution in [0.4, 0.5) is 0 Å². The van der Waals surface area contributed by atoms with E-state index in [0.29, 0.717) is 0 Å². The van der Waals surface area contributed by atoms with Crippen molar-refractivity contribution in [3.05, 3.63) is 198 Å². The topological polar surface area (TPSA) is 18.1 Å². The molecule has 0 saturated heterocycles. The van der Waals surface area contributed by atoms with Gasteiger partial charge in [-0.05, 0) is 87.8 Å². The minimum Gasteiger partial charge on any atom is -0.455 e. The predicted octanol–water partition coefficient (Wildman–Crippen LogP) is 11.8. The molecule has 0 saturated carbocycles. The highest BCUT2D eigenvalue weighted by molar-refractivity contribution is 6.09. The Hall–Kier alpha value is -6.64. The van der Waals surface area contributed by atoms with Crippen molar-refractivity contribution >= 4 is 45.0 Å². The Morgan fingerprint density at radius 1 is 0.577 bits per heavy atom. The second-order valence-corrected chi connectivity index (χ2v) is 13.6. The number of rotatable bonds is 5. The van der Waals surface area contributed by atoms with Crippen LogP contribution in [-0.4, -0.2) is 4.57 Å². The molecule has 246 valence electrons. The molecule has 9 aromatic rings. The minimum absolute atomic E-state index is 0.240. The molecule has 52 heavy (non-hydrogen) atoms. The lowest BCUT2D eigenvalue weighted by molar-refractivity contribution is 0.670. The fourth-order valence-corrected chi connectivity index (χ4v) is 8.54. The standard InChI is InChI=1S/C50H35NO/c1-3-14-39-45-31-34(33-25-27-42-44(30-33)38-19-8-9-21-41(38)49(42)32-15-6-5-7-16-32)26-28-47(45)51(46(39)4-2)36-18-12-17-35(29-36)37-22-13-23-43-40-20-10-11-24-48(40)52-50(37)43/h3-31,49H,1H2,2H3/b39-14-,46-4+. The first-order chi connectivity index (χ1) is 25.7. The molecule has 1 aliphatic carbocycles. The van der Waals surface area contributed by atoms with Crippen molar-refractivity contribution in [3.8, 4) is 39.1 Å². The van der Waals surface area contributed by atoms with Crippen LogP contribution in [0.2, 0.25) is 0 Å². The maximum atomic E-state index is 6.44. The van der Waals surface area contributed by atoms with E-state index in [1.54, 1.807) is 0 Å². The summed E-state index contributed by atoms with van der Waals surface area (Å²) < 4.78 is 8.81. The smallest absolute Gasteiger partial charge is 0.143 e. The van der Waals surface area contributed by atoms with E-state index < -0.39 is 0 Å². The van der Waals surface area contributed by atoms with Gasteiger partial charge in [0, 0.05) is 43.9 Å². The molecule has 10 rings (SSSR count). The average molecular weight is 666 g/mol. The molecule has 2 heteroatoms. The number of hydrogen-bond donors (Lipinski definition) is 0. The van der Waals surface area contributed by atoms with Crippen molar-refractivity contribution < 1.29 is 4.42 Å². The zero-order valence-electron chi connectivity index (χ0n) is 28.9. The highest BCUT2D eigenvalue weighted by Crippen LogP contribution is 2.49. The maximum absolute atomic E-state index is 6.44. The van der Waals surface area contributed by atoms with E-state index in [4.69, 9.17) is 4.42 Å². The van der Waals surface area contributed by atoms with Crippen molar-refractivity contribution in [2.24, 2.45) is 0 Å². The van der Waals surface area contributed by atoms with Crippen LogP contribution in [0, 0.1) is 0 Å². The molecule has 0 amide bonds. The summed E-state index contributed by atoms with van der Waals surface area (Å²) in [7, 11) is 0. The van der Waals surface area contributed by atoms with Gasteiger partial charge >= 0.3 is 0 Å². The Labute approximate surface area is 302 Å². The summed E-state index contributed by atoms with van der Waals surface area (Å²) in [6.07, 6.45) is 6.24. The van der Waals surface area contributed by atoms with Crippen LogP contribution < -0.4 is 10.6 Å². The van der Waals surface area contributed by atoms with Gasteiger partial charge in [-0.25, -0.2) is 0 Å². The van der Waals surface area contributed by atoms with Crippen LogP contribution in [0.5, 0.6) is 0 Å². The van der Waals surface area contributed by atoms with Crippen molar-refractivity contribution in [2.45, 2.75) is 12.8 Å². The number of fused-ring (bicyclic) bond motifs is 7. The number of benzene rings is 7. The third-order valence-electron chi connectivity index (χ3n) is 10.8. The summed E-state index contributed by atoms with van der Waals surface area (Å²) in [6.45, 7) is 6.22. The summed E-state index contributed by atoms with van der Waals surface area (Å²) in [5.41, 5.74) is 15.4. The summed E-state index contributed by atoms with van der Waals surface area (Å²) >= 11 is 0. The van der Waals surface area contributed by atoms with Gasteiger partial charge in [-0.2, -0.15) is 0 Å². The Kier molecular flexibility index (Phi) is 6.97. The summed E-state index contributed by atoms with van der Waals surface area (Å²) in [5, 5.41) is 5.76. The van der Waals surface area contributed by atoms with Crippen LogP contribution in [-0.2, 0) is 0 Å². The van der Waals surface area contributed by atoms with Crippen LogP contribution >= 0.6 is 0 Å². The largest absolute Gasteiger partial charge is 0.455 e. The van der Waals surface area contributed by atoms with Crippen LogP contribution in [0.3, 0.4) is 0 Å². The van der Waals surface area contributed by atoms with E-state index in [-0.39, 0.29) is 5.92 Å². The van der Waals surface area contributed by atoms with Crippen LogP contribution in [0.15, 0.2) is 175 Å². The fourth-order valence-electron chi connectivity index (χ4n) is 8.54. The molecule has 2 aromatic heterocycles. The Morgan fingerprint density at radius 3 is 2.19 bits per heavy atom. The minimum atomic E-state index is 0.240. The van der Waals surface area contributed by atoms with E-state index in [0.717, 1.165) is 54.8 Å². The average Bonchev–Trinajstić information content (AvgIpc) is 3.85. The Morgan fingerprint density at radius 2 is 1.31 bits per heavy atom. The second kappa shape index (κ2) is 12.0. The summed E-state index contributed by atoms with van der Waals surface area (Å²) in [6, 6.07) is 57.2. The predicted molar refractivity (Wildman–Crippen MR) is 218 cm³/mol. The second-order valence-electron chi connectivity index (χ2n) is 13.6. The third kappa shape index (κ3) is 4.58. The molecule has 7 aromatic carbocycles. The number of para-hydroxylation sites is 2. The molecule has 1 aliphatic rings. The maximum Gasteiger partial charge on any atom is 0.143 e. The molecule has 2 heterocycles. The highest BCUT2D eigenvalue weighted by atomic mass is 16.3. The molecule has 2 nitrogen and oxygen atoms in total. The zero-order valence-corrected chi connectivity index (χ0v) is 28.9. The number of nitrogens with zero attached hydrogens (tertiary/aromatic N) is 1. The van der Waals surface area contributed by atoms with Crippen molar-refractivity contribution in [1.29, 1.82) is 0 Å². The molecule has 0 fully saturated rings. The number of hydrogen-bond acceptors (Lipinski definition) is 1. The molecule has 1 unspecified atom stereocenters. The van der Waals surface area contributed by atoms with Gasteiger partial charge < -0.3 is 8.98 Å². The lowest BCUT2D eigenvalue weighted by Crippen LogP contribution is -2.27. The number of allylic oxidation sites excluding steroid dienone is 1. The van der Waals surface area contributed by atoms with Gasteiger partial charge in [0.2, 0.25) is 0 Å². The van der Waals surface area contributed by atoms with Crippen molar-refractivity contribution in [1.82, 2.24) is 4.57 Å². The lowest BCUT2D eigenvalue weighted by atomic mass is 9.89. The molecule has 0 radical (unpaired) electrons. The summed E-state index contributed by atoms with van der Waals surface area (Å²) in [5.74, 6) is 0.240. The molecule has 0 N–H and O–H groups in total. The highest BCUT2D eigenvalue weighted by Gasteiger charge is 2.30. The molecule has 0 spiro atoms. The fraction of sp³-hybridized carbons (Fsp3) is 0.0400. The van der Waals surface area contributed by atoms with E-state index in [9.17, 15) is 0 Å². The van der Waals surface area contributed by atoms with E-state index in [2.05, 4.69) is 176 Å². The van der Waals surface area contributed by atoms with Gasteiger partial charge in [-0.3, -0.25) is 0 Å². The number of aromatic nitrogens is 1. The first-order valence-electron chi connectivity index (χ1n) is 17.9. The quantitative estimate of drug-likeness (QED) is 0.179. The van der Waals surface area contributed by atoms with E-state index in [1.165, 1.54) is 44.3 Å². The zero-order chi connectivity index (χ0) is 34.8. The Balaban J connectivity index is 1.12. The van der Waals surface area contributed by atoms with Crippen LogP contribution in [0.25, 0.3) is 84.1 Å². The number of furan rings is 1. The molecule has 0 bridgehead atoms.